The molecule has 0 aromatic heterocycles. The molecule has 3 rings (SSSR count). The first-order chi connectivity index (χ1) is 11.8. The lowest BCUT2D eigenvalue weighted by Gasteiger charge is -2.43. The maximum atomic E-state index is 12.6. The van der Waals surface area contributed by atoms with E-state index >= 15 is 0 Å². The lowest BCUT2D eigenvalue weighted by molar-refractivity contribution is -0.117. The highest BCUT2D eigenvalue weighted by Crippen LogP contribution is 2.42. The van der Waals surface area contributed by atoms with Crippen LogP contribution in [0.3, 0.4) is 0 Å². The first kappa shape index (κ1) is 17.5. The van der Waals surface area contributed by atoms with Gasteiger partial charge in [0.1, 0.15) is 0 Å². The Hall–Kier alpha value is -2.34. The van der Waals surface area contributed by atoms with E-state index in [1.54, 1.807) is 24.0 Å². The Labute approximate surface area is 148 Å². The average Bonchev–Trinajstić information content (AvgIpc) is 2.54. The molecule has 1 heterocycles. The zero-order valence-corrected chi connectivity index (χ0v) is 15.4. The monoisotopic (exact) mass is 358 g/mol. The minimum atomic E-state index is -3.49. The number of rotatable bonds is 3. The summed E-state index contributed by atoms with van der Waals surface area (Å²) in [6.45, 7) is 3.49. The van der Waals surface area contributed by atoms with E-state index in [0.717, 1.165) is 11.3 Å². The molecule has 0 aliphatic carbocycles. The fourth-order valence-corrected chi connectivity index (χ4v) is 4.83. The first-order valence-electron chi connectivity index (χ1n) is 8.24. The third-order valence-electron chi connectivity index (χ3n) is 4.55. The molecule has 0 N–H and O–H groups in total. The Morgan fingerprint density at radius 1 is 1.08 bits per heavy atom. The van der Waals surface area contributed by atoms with Crippen molar-refractivity contribution in [1.29, 1.82) is 0 Å². The van der Waals surface area contributed by atoms with Gasteiger partial charge in [-0.2, -0.15) is 0 Å². The largest absolute Gasteiger partial charge is 0.309 e. The standard InChI is InChI=1S/C19H22N2O3S/c1-14-13-19(17-11-7-8-12-18(17)20(14)15(2)22)21(25(3,23)24)16-9-5-4-6-10-16/h4-12,14,19H,13H2,1-3H3. The third kappa shape index (κ3) is 3.26. The molecular formula is C19H22N2O3S. The highest BCUT2D eigenvalue weighted by atomic mass is 32.2. The molecule has 0 spiro atoms. The van der Waals surface area contributed by atoms with Crippen LogP contribution >= 0.6 is 0 Å². The molecule has 0 fully saturated rings. The van der Waals surface area contributed by atoms with Crippen molar-refractivity contribution in [2.24, 2.45) is 0 Å². The van der Waals surface area contributed by atoms with E-state index in [4.69, 9.17) is 0 Å². The molecule has 0 radical (unpaired) electrons. The van der Waals surface area contributed by atoms with Crippen LogP contribution in [0.4, 0.5) is 11.4 Å². The number of amides is 1. The Morgan fingerprint density at radius 2 is 1.68 bits per heavy atom. The summed E-state index contributed by atoms with van der Waals surface area (Å²) in [5, 5.41) is 0. The predicted octanol–water partition coefficient (Wildman–Crippen LogP) is 3.34. The summed E-state index contributed by atoms with van der Waals surface area (Å²) in [6.07, 6.45) is 1.77. The Morgan fingerprint density at radius 3 is 2.28 bits per heavy atom. The van der Waals surface area contributed by atoms with E-state index in [9.17, 15) is 13.2 Å². The second-order valence-electron chi connectivity index (χ2n) is 6.44. The van der Waals surface area contributed by atoms with Gasteiger partial charge < -0.3 is 4.90 Å². The number of sulfonamides is 1. The number of hydrogen-bond acceptors (Lipinski definition) is 3. The minimum absolute atomic E-state index is 0.0379. The number of carbonyl (C=O) groups is 1. The Kier molecular flexibility index (Phi) is 4.56. The van der Waals surface area contributed by atoms with Crippen LogP contribution < -0.4 is 9.21 Å². The van der Waals surface area contributed by atoms with Gasteiger partial charge in [-0.1, -0.05) is 36.4 Å². The molecule has 132 valence electrons. The molecule has 25 heavy (non-hydrogen) atoms. The smallest absolute Gasteiger partial charge is 0.232 e. The van der Waals surface area contributed by atoms with Crippen molar-refractivity contribution < 1.29 is 13.2 Å². The molecule has 0 saturated heterocycles. The number of fused-ring (bicyclic) bond motifs is 1. The molecule has 0 bridgehead atoms. The van der Waals surface area contributed by atoms with E-state index in [1.807, 2.05) is 49.4 Å². The van der Waals surface area contributed by atoms with Gasteiger partial charge in [0.15, 0.2) is 0 Å². The van der Waals surface area contributed by atoms with Gasteiger partial charge >= 0.3 is 0 Å². The van der Waals surface area contributed by atoms with Gasteiger partial charge in [-0.25, -0.2) is 8.42 Å². The summed E-state index contributed by atoms with van der Waals surface area (Å²) >= 11 is 0. The highest BCUT2D eigenvalue weighted by Gasteiger charge is 2.38. The fourth-order valence-electron chi connectivity index (χ4n) is 3.66. The van der Waals surface area contributed by atoms with Gasteiger partial charge in [0.2, 0.25) is 15.9 Å². The molecule has 6 heteroatoms. The Bertz CT molecular complexity index is 881. The van der Waals surface area contributed by atoms with Crippen molar-refractivity contribution in [2.75, 3.05) is 15.5 Å². The van der Waals surface area contributed by atoms with Crippen LogP contribution in [0, 0.1) is 0 Å². The van der Waals surface area contributed by atoms with Crippen LogP contribution in [0.25, 0.3) is 0 Å². The maximum absolute atomic E-state index is 12.6. The van der Waals surface area contributed by atoms with Crippen molar-refractivity contribution in [1.82, 2.24) is 0 Å². The maximum Gasteiger partial charge on any atom is 0.232 e. The number of hydrogen-bond donors (Lipinski definition) is 0. The van der Waals surface area contributed by atoms with Gasteiger partial charge in [-0.05, 0) is 37.1 Å². The zero-order valence-electron chi connectivity index (χ0n) is 14.6. The normalized spacial score (nSPS) is 20.0. The number of benzene rings is 2. The molecule has 2 unspecified atom stereocenters. The average molecular weight is 358 g/mol. The van der Waals surface area contributed by atoms with E-state index in [0.29, 0.717) is 12.1 Å². The van der Waals surface area contributed by atoms with Crippen LogP contribution in [0.2, 0.25) is 0 Å². The van der Waals surface area contributed by atoms with Crippen molar-refractivity contribution in [2.45, 2.75) is 32.4 Å². The molecule has 2 atom stereocenters. The summed E-state index contributed by atoms with van der Waals surface area (Å²) in [7, 11) is -3.49. The number of para-hydroxylation sites is 2. The van der Waals surface area contributed by atoms with Gasteiger partial charge in [0.25, 0.3) is 0 Å². The van der Waals surface area contributed by atoms with Gasteiger partial charge in [0, 0.05) is 18.7 Å². The van der Waals surface area contributed by atoms with Crippen molar-refractivity contribution >= 4 is 27.3 Å². The SMILES string of the molecule is CC(=O)N1c2ccccc2C(N(c2ccccc2)S(C)(=O)=O)CC1C. The summed E-state index contributed by atoms with van der Waals surface area (Å²) in [6, 6.07) is 16.2. The predicted molar refractivity (Wildman–Crippen MR) is 100 cm³/mol. The van der Waals surface area contributed by atoms with Crippen molar-refractivity contribution in [3.05, 3.63) is 60.2 Å². The summed E-state index contributed by atoms with van der Waals surface area (Å²) in [5.41, 5.74) is 2.27. The van der Waals surface area contributed by atoms with E-state index < -0.39 is 10.0 Å². The summed E-state index contributed by atoms with van der Waals surface area (Å²) < 4.78 is 26.7. The number of nitrogens with zero attached hydrogens (tertiary/aromatic N) is 2. The Balaban J connectivity index is 2.18. The van der Waals surface area contributed by atoms with E-state index in [-0.39, 0.29) is 18.0 Å². The zero-order chi connectivity index (χ0) is 18.2. The number of anilines is 2. The topological polar surface area (TPSA) is 57.7 Å². The molecule has 1 amide bonds. The van der Waals surface area contributed by atoms with Crippen LogP contribution in [-0.2, 0) is 14.8 Å². The quantitative estimate of drug-likeness (QED) is 0.845. The van der Waals surface area contributed by atoms with Crippen LogP contribution in [0.5, 0.6) is 0 Å². The third-order valence-corrected chi connectivity index (χ3v) is 5.73. The first-order valence-corrected chi connectivity index (χ1v) is 10.1. The van der Waals surface area contributed by atoms with Crippen LogP contribution in [0.15, 0.2) is 54.6 Å². The fraction of sp³-hybridized carbons (Fsp3) is 0.316. The molecule has 1 aliphatic heterocycles. The molecule has 2 aromatic carbocycles. The van der Waals surface area contributed by atoms with Crippen LogP contribution in [0.1, 0.15) is 31.9 Å². The highest BCUT2D eigenvalue weighted by molar-refractivity contribution is 7.92. The van der Waals surface area contributed by atoms with Crippen molar-refractivity contribution in [3.63, 3.8) is 0 Å². The second kappa shape index (κ2) is 6.52. The van der Waals surface area contributed by atoms with E-state index in [2.05, 4.69) is 0 Å². The molecule has 0 saturated carbocycles. The second-order valence-corrected chi connectivity index (χ2v) is 8.30. The van der Waals surface area contributed by atoms with E-state index in [1.165, 1.54) is 10.6 Å². The summed E-state index contributed by atoms with van der Waals surface area (Å²) in [4.78, 5) is 13.9. The molecular weight excluding hydrogens is 336 g/mol. The number of carbonyl (C=O) groups excluding carboxylic acids is 1. The molecule has 2 aromatic rings. The lowest BCUT2D eigenvalue weighted by Crippen LogP contribution is -2.46. The van der Waals surface area contributed by atoms with Gasteiger partial charge in [-0.15, -0.1) is 0 Å². The van der Waals surface area contributed by atoms with Gasteiger partial charge in [-0.3, -0.25) is 9.10 Å². The summed E-state index contributed by atoms with van der Waals surface area (Å²) in [5.74, 6) is -0.0379. The van der Waals surface area contributed by atoms with Crippen LogP contribution in [-0.4, -0.2) is 26.6 Å². The molecule has 1 aliphatic rings. The molecule has 5 nitrogen and oxygen atoms in total. The van der Waals surface area contributed by atoms with Gasteiger partial charge in [0.05, 0.1) is 18.0 Å². The lowest BCUT2D eigenvalue weighted by atomic mass is 9.91. The minimum Gasteiger partial charge on any atom is -0.309 e. The van der Waals surface area contributed by atoms with Crippen molar-refractivity contribution in [3.8, 4) is 0 Å².